The van der Waals surface area contributed by atoms with Crippen molar-refractivity contribution in [3.63, 3.8) is 0 Å². The summed E-state index contributed by atoms with van der Waals surface area (Å²) in [6.45, 7) is 2.34. The van der Waals surface area contributed by atoms with Crippen LogP contribution in [0.25, 0.3) is 17.1 Å². The number of likely N-dealkylation sites (tertiary alicyclic amines) is 1. The van der Waals surface area contributed by atoms with Gasteiger partial charge in [-0.25, -0.2) is 4.79 Å². The molecular formula is C24H24ClN3O4. The summed E-state index contributed by atoms with van der Waals surface area (Å²) in [5.41, 5.74) is 2.44. The van der Waals surface area contributed by atoms with Crippen LogP contribution in [0.15, 0.2) is 47.3 Å². The Morgan fingerprint density at radius 2 is 1.91 bits per heavy atom. The number of aromatic nitrogens is 2. The first-order valence-corrected chi connectivity index (χ1v) is 11.2. The van der Waals surface area contributed by atoms with E-state index < -0.39 is 0 Å². The number of benzene rings is 2. The van der Waals surface area contributed by atoms with E-state index in [0.29, 0.717) is 42.8 Å². The molecule has 1 N–H and O–H groups in total. The molecule has 7 nitrogen and oxygen atoms in total. The molecular weight excluding hydrogens is 430 g/mol. The zero-order chi connectivity index (χ0) is 22.1. The van der Waals surface area contributed by atoms with E-state index >= 15 is 0 Å². The second-order valence-electron chi connectivity index (χ2n) is 8.09. The number of halogens is 1. The highest BCUT2D eigenvalue weighted by Gasteiger charge is 2.25. The van der Waals surface area contributed by atoms with Crippen molar-refractivity contribution in [1.29, 1.82) is 0 Å². The lowest BCUT2D eigenvalue weighted by Crippen LogP contribution is -2.39. The van der Waals surface area contributed by atoms with Crippen LogP contribution in [0.2, 0.25) is 5.02 Å². The van der Waals surface area contributed by atoms with E-state index in [2.05, 4.69) is 4.98 Å². The van der Waals surface area contributed by atoms with Gasteiger partial charge in [0.15, 0.2) is 11.5 Å². The molecule has 0 bridgehead atoms. The van der Waals surface area contributed by atoms with Crippen LogP contribution in [-0.2, 0) is 4.79 Å². The highest BCUT2D eigenvalue weighted by Crippen LogP contribution is 2.38. The third-order valence-electron chi connectivity index (χ3n) is 6.01. The zero-order valence-electron chi connectivity index (χ0n) is 17.6. The predicted molar refractivity (Wildman–Crippen MR) is 124 cm³/mol. The van der Waals surface area contributed by atoms with Gasteiger partial charge in [-0.05, 0) is 48.7 Å². The van der Waals surface area contributed by atoms with E-state index in [1.165, 1.54) is 0 Å². The van der Waals surface area contributed by atoms with Gasteiger partial charge in [0.2, 0.25) is 5.91 Å². The molecule has 2 aromatic carbocycles. The fraction of sp³-hybridized carbons (Fsp3) is 0.333. The van der Waals surface area contributed by atoms with Crippen molar-refractivity contribution in [3.05, 3.63) is 63.5 Å². The van der Waals surface area contributed by atoms with E-state index in [1.54, 1.807) is 18.2 Å². The van der Waals surface area contributed by atoms with Gasteiger partial charge in [0.1, 0.15) is 0 Å². The molecule has 1 amide bonds. The number of carbonyl (C=O) groups excluding carboxylic acids is 1. The van der Waals surface area contributed by atoms with Crippen LogP contribution >= 0.6 is 11.6 Å². The summed E-state index contributed by atoms with van der Waals surface area (Å²) < 4.78 is 13.2. The molecule has 2 aliphatic heterocycles. The number of fused-ring (bicyclic) bond motifs is 2. The Bertz CT molecular complexity index is 1240. The number of piperidine rings is 1. The number of nitrogens with one attached hydrogen (secondary N) is 1. The number of amides is 1. The van der Waals surface area contributed by atoms with Gasteiger partial charge >= 0.3 is 5.69 Å². The SMILES string of the molecule is O=C(/C=C/c1cc(Cl)c2c(c1)OCCCO2)N1CCC(n2c(=O)[nH]c3ccccc32)CC1. The molecule has 32 heavy (non-hydrogen) atoms. The summed E-state index contributed by atoms with van der Waals surface area (Å²) in [5, 5.41) is 0.474. The van der Waals surface area contributed by atoms with Crippen LogP contribution in [0.1, 0.15) is 30.9 Å². The Morgan fingerprint density at radius 3 is 2.75 bits per heavy atom. The number of carbonyl (C=O) groups is 1. The van der Waals surface area contributed by atoms with Gasteiger partial charge in [-0.2, -0.15) is 0 Å². The van der Waals surface area contributed by atoms with E-state index in [1.807, 2.05) is 39.8 Å². The Kier molecular flexibility index (Phi) is 5.66. The molecule has 1 fully saturated rings. The molecule has 8 heteroatoms. The molecule has 0 saturated carbocycles. The van der Waals surface area contributed by atoms with Gasteiger partial charge in [0.05, 0.1) is 29.3 Å². The number of nitrogens with zero attached hydrogens (tertiary/aromatic N) is 2. The fourth-order valence-corrected chi connectivity index (χ4v) is 4.67. The van der Waals surface area contributed by atoms with Crippen molar-refractivity contribution in [3.8, 4) is 11.5 Å². The lowest BCUT2D eigenvalue weighted by molar-refractivity contribution is -0.127. The minimum atomic E-state index is -0.0952. The summed E-state index contributed by atoms with van der Waals surface area (Å²) in [6, 6.07) is 11.4. The van der Waals surface area contributed by atoms with Crippen LogP contribution < -0.4 is 15.2 Å². The Morgan fingerprint density at radius 1 is 1.12 bits per heavy atom. The molecule has 3 heterocycles. The molecule has 1 saturated heterocycles. The monoisotopic (exact) mass is 453 g/mol. The van der Waals surface area contributed by atoms with Gasteiger partial charge < -0.3 is 19.4 Å². The molecule has 0 radical (unpaired) electrons. The third-order valence-corrected chi connectivity index (χ3v) is 6.29. The van der Waals surface area contributed by atoms with Crippen molar-refractivity contribution in [2.45, 2.75) is 25.3 Å². The smallest absolute Gasteiger partial charge is 0.326 e. The number of para-hydroxylation sites is 2. The van der Waals surface area contributed by atoms with E-state index in [-0.39, 0.29) is 17.6 Å². The van der Waals surface area contributed by atoms with Crippen molar-refractivity contribution < 1.29 is 14.3 Å². The van der Waals surface area contributed by atoms with Gasteiger partial charge in [0.25, 0.3) is 0 Å². The van der Waals surface area contributed by atoms with Crippen molar-refractivity contribution >= 4 is 34.6 Å². The van der Waals surface area contributed by atoms with Crippen molar-refractivity contribution in [2.75, 3.05) is 26.3 Å². The summed E-state index contributed by atoms with van der Waals surface area (Å²) in [4.78, 5) is 29.9. The molecule has 2 aliphatic rings. The largest absolute Gasteiger partial charge is 0.489 e. The lowest BCUT2D eigenvalue weighted by Gasteiger charge is -2.32. The second kappa shape index (κ2) is 8.74. The summed E-state index contributed by atoms with van der Waals surface area (Å²) >= 11 is 6.34. The molecule has 0 aliphatic carbocycles. The number of hydrogen-bond acceptors (Lipinski definition) is 4. The van der Waals surface area contributed by atoms with Crippen LogP contribution in [0, 0.1) is 0 Å². The van der Waals surface area contributed by atoms with Crippen LogP contribution in [0.3, 0.4) is 0 Å². The standard InChI is InChI=1S/C24H24ClN3O4/c25-18-14-16(15-21-23(18)32-13-3-12-31-21)6-7-22(29)27-10-8-17(9-11-27)28-20-5-2-1-4-19(20)26-24(28)30/h1-2,4-7,14-15,17H,3,8-13H2,(H,26,30)/b7-6+. The van der Waals surface area contributed by atoms with Crippen LogP contribution in [-0.4, -0.2) is 46.7 Å². The first kappa shape index (κ1) is 20.7. The number of imidazole rings is 1. The Labute approximate surface area is 190 Å². The second-order valence-corrected chi connectivity index (χ2v) is 8.49. The first-order chi connectivity index (χ1) is 15.6. The molecule has 0 unspecified atom stereocenters. The van der Waals surface area contributed by atoms with E-state index in [0.717, 1.165) is 35.9 Å². The number of hydrogen-bond donors (Lipinski definition) is 1. The molecule has 0 spiro atoms. The van der Waals surface area contributed by atoms with Gasteiger partial charge in [-0.1, -0.05) is 23.7 Å². The third kappa shape index (κ3) is 4.00. The molecule has 1 aromatic heterocycles. The number of ether oxygens (including phenoxy) is 2. The summed E-state index contributed by atoms with van der Waals surface area (Å²) in [7, 11) is 0. The fourth-order valence-electron chi connectivity index (χ4n) is 4.40. The highest BCUT2D eigenvalue weighted by atomic mass is 35.5. The van der Waals surface area contributed by atoms with Gasteiger partial charge in [-0.3, -0.25) is 9.36 Å². The lowest BCUT2D eigenvalue weighted by atomic mass is 10.0. The Balaban J connectivity index is 1.25. The van der Waals surface area contributed by atoms with E-state index in [4.69, 9.17) is 21.1 Å². The van der Waals surface area contributed by atoms with Gasteiger partial charge in [0, 0.05) is 31.6 Å². The maximum atomic E-state index is 12.7. The highest BCUT2D eigenvalue weighted by molar-refractivity contribution is 6.32. The van der Waals surface area contributed by atoms with E-state index in [9.17, 15) is 9.59 Å². The molecule has 5 rings (SSSR count). The number of aromatic amines is 1. The van der Waals surface area contributed by atoms with Crippen LogP contribution in [0.4, 0.5) is 0 Å². The van der Waals surface area contributed by atoms with Gasteiger partial charge in [-0.15, -0.1) is 0 Å². The van der Waals surface area contributed by atoms with Crippen molar-refractivity contribution in [1.82, 2.24) is 14.5 Å². The average Bonchev–Trinajstić information content (AvgIpc) is 2.96. The zero-order valence-corrected chi connectivity index (χ0v) is 18.3. The minimum absolute atomic E-state index is 0.0574. The van der Waals surface area contributed by atoms with Crippen LogP contribution in [0.5, 0.6) is 11.5 Å². The summed E-state index contributed by atoms with van der Waals surface area (Å²) in [5.74, 6) is 1.10. The average molecular weight is 454 g/mol. The topological polar surface area (TPSA) is 76.6 Å². The van der Waals surface area contributed by atoms with Crippen molar-refractivity contribution in [2.24, 2.45) is 0 Å². The normalized spacial score (nSPS) is 17.1. The Hall–Kier alpha value is -3.19. The maximum Gasteiger partial charge on any atom is 0.326 e. The first-order valence-electron chi connectivity index (χ1n) is 10.9. The minimum Gasteiger partial charge on any atom is -0.489 e. The molecule has 166 valence electrons. The summed E-state index contributed by atoms with van der Waals surface area (Å²) in [6.07, 6.45) is 5.58. The number of H-pyrrole nitrogens is 1. The maximum absolute atomic E-state index is 12.7. The predicted octanol–water partition coefficient (Wildman–Crippen LogP) is 4.02. The number of rotatable bonds is 3. The molecule has 0 atom stereocenters. The quantitative estimate of drug-likeness (QED) is 0.607. The molecule has 3 aromatic rings.